The van der Waals surface area contributed by atoms with Crippen molar-refractivity contribution in [2.75, 3.05) is 6.61 Å². The maximum Gasteiger partial charge on any atom is 0.253 e. The van der Waals surface area contributed by atoms with E-state index in [1.807, 2.05) is 26.0 Å². The van der Waals surface area contributed by atoms with Gasteiger partial charge in [-0.15, -0.1) is 0 Å². The zero-order valence-electron chi connectivity index (χ0n) is 12.9. The molecule has 1 unspecified atom stereocenters. The molecular formula is C17H20N2O3. The van der Waals surface area contributed by atoms with Gasteiger partial charge in [-0.1, -0.05) is 6.07 Å². The van der Waals surface area contributed by atoms with Crippen LogP contribution in [0.5, 0.6) is 0 Å². The Morgan fingerprint density at radius 3 is 2.91 bits per heavy atom. The number of carbonyl (C=O) groups is 1. The van der Waals surface area contributed by atoms with Gasteiger partial charge in [0.1, 0.15) is 6.10 Å². The SMILES string of the molecule is Cc1cc(C)c2cc(CNC(=O)C3CCCO3)c(=O)[nH]c2c1. The summed E-state index contributed by atoms with van der Waals surface area (Å²) in [4.78, 5) is 27.0. The molecule has 1 aliphatic rings. The topological polar surface area (TPSA) is 71.2 Å². The minimum absolute atomic E-state index is 0.141. The number of carbonyl (C=O) groups excluding carboxylic acids is 1. The summed E-state index contributed by atoms with van der Waals surface area (Å²) in [6, 6.07) is 5.90. The summed E-state index contributed by atoms with van der Waals surface area (Å²) in [5.74, 6) is -0.141. The van der Waals surface area contributed by atoms with Gasteiger partial charge in [-0.3, -0.25) is 9.59 Å². The molecule has 1 amide bonds. The van der Waals surface area contributed by atoms with Gasteiger partial charge in [0.15, 0.2) is 0 Å². The molecule has 2 aromatic rings. The van der Waals surface area contributed by atoms with E-state index < -0.39 is 0 Å². The number of hydrogen-bond acceptors (Lipinski definition) is 3. The van der Waals surface area contributed by atoms with Crippen molar-refractivity contribution < 1.29 is 9.53 Å². The molecule has 5 heteroatoms. The fraction of sp³-hybridized carbons (Fsp3) is 0.412. The molecule has 2 N–H and O–H groups in total. The van der Waals surface area contributed by atoms with Gasteiger partial charge in [-0.05, 0) is 49.9 Å². The van der Waals surface area contributed by atoms with Crippen molar-refractivity contribution in [2.45, 2.75) is 39.3 Å². The highest BCUT2D eigenvalue weighted by Crippen LogP contribution is 2.18. The molecule has 5 nitrogen and oxygen atoms in total. The highest BCUT2D eigenvalue weighted by atomic mass is 16.5. The van der Waals surface area contributed by atoms with Gasteiger partial charge in [0.2, 0.25) is 5.91 Å². The molecule has 0 saturated carbocycles. The van der Waals surface area contributed by atoms with Crippen molar-refractivity contribution >= 4 is 16.8 Å². The number of nitrogens with one attached hydrogen (secondary N) is 2. The summed E-state index contributed by atoms with van der Waals surface area (Å²) >= 11 is 0. The molecule has 1 aromatic heterocycles. The Kier molecular flexibility index (Phi) is 3.98. The van der Waals surface area contributed by atoms with Crippen LogP contribution in [0.25, 0.3) is 10.9 Å². The van der Waals surface area contributed by atoms with Gasteiger partial charge in [0.05, 0.1) is 0 Å². The van der Waals surface area contributed by atoms with Crippen molar-refractivity contribution in [3.8, 4) is 0 Å². The Labute approximate surface area is 128 Å². The van der Waals surface area contributed by atoms with E-state index >= 15 is 0 Å². The Bertz CT molecular complexity index is 773. The normalized spacial score (nSPS) is 17.8. The van der Waals surface area contributed by atoms with E-state index in [1.54, 1.807) is 0 Å². The number of ether oxygens (including phenoxy) is 1. The third-order valence-corrected chi connectivity index (χ3v) is 4.06. The highest BCUT2D eigenvalue weighted by molar-refractivity contribution is 5.84. The van der Waals surface area contributed by atoms with Crippen molar-refractivity contribution in [3.63, 3.8) is 0 Å². The van der Waals surface area contributed by atoms with E-state index in [1.165, 1.54) is 0 Å². The van der Waals surface area contributed by atoms with Crippen LogP contribution in [0.4, 0.5) is 0 Å². The van der Waals surface area contributed by atoms with Crippen LogP contribution in [-0.4, -0.2) is 23.6 Å². The predicted molar refractivity (Wildman–Crippen MR) is 84.9 cm³/mol. The highest BCUT2D eigenvalue weighted by Gasteiger charge is 2.23. The van der Waals surface area contributed by atoms with E-state index in [0.29, 0.717) is 12.2 Å². The number of benzene rings is 1. The molecule has 1 aromatic carbocycles. The fourth-order valence-electron chi connectivity index (χ4n) is 2.93. The molecule has 0 aliphatic carbocycles. The van der Waals surface area contributed by atoms with Gasteiger partial charge >= 0.3 is 0 Å². The number of amides is 1. The van der Waals surface area contributed by atoms with Crippen LogP contribution >= 0.6 is 0 Å². The molecule has 116 valence electrons. The van der Waals surface area contributed by atoms with Crippen LogP contribution in [0.2, 0.25) is 0 Å². The molecule has 22 heavy (non-hydrogen) atoms. The first-order valence-corrected chi connectivity index (χ1v) is 7.57. The second kappa shape index (κ2) is 5.93. The fourth-order valence-corrected chi connectivity index (χ4v) is 2.93. The standard InChI is InChI=1S/C17H20N2O3/c1-10-6-11(2)13-8-12(16(20)19-14(13)7-10)9-18-17(21)15-4-3-5-22-15/h6-8,15H,3-5,9H2,1-2H3,(H,18,21)(H,19,20). The molecule has 0 spiro atoms. The lowest BCUT2D eigenvalue weighted by Gasteiger charge is -2.11. The van der Waals surface area contributed by atoms with Crippen LogP contribution in [0.1, 0.15) is 29.5 Å². The summed E-state index contributed by atoms with van der Waals surface area (Å²) < 4.78 is 5.34. The molecule has 1 fully saturated rings. The van der Waals surface area contributed by atoms with E-state index in [4.69, 9.17) is 4.74 Å². The van der Waals surface area contributed by atoms with Crippen LogP contribution in [0.15, 0.2) is 23.0 Å². The van der Waals surface area contributed by atoms with E-state index in [-0.39, 0.29) is 24.1 Å². The van der Waals surface area contributed by atoms with Crippen molar-refractivity contribution in [3.05, 3.63) is 45.2 Å². The van der Waals surface area contributed by atoms with Crippen molar-refractivity contribution in [1.29, 1.82) is 0 Å². The molecule has 1 aliphatic heterocycles. The maximum absolute atomic E-state index is 12.2. The smallest absolute Gasteiger partial charge is 0.253 e. The average Bonchev–Trinajstić information content (AvgIpc) is 2.99. The number of hydrogen-bond donors (Lipinski definition) is 2. The Hall–Kier alpha value is -2.14. The third kappa shape index (κ3) is 2.90. The zero-order chi connectivity index (χ0) is 15.7. The first kappa shape index (κ1) is 14.8. The summed E-state index contributed by atoms with van der Waals surface area (Å²) in [6.07, 6.45) is 1.29. The quantitative estimate of drug-likeness (QED) is 0.910. The lowest BCUT2D eigenvalue weighted by Crippen LogP contribution is -2.35. The Balaban J connectivity index is 1.83. The second-order valence-electron chi connectivity index (χ2n) is 5.89. The summed E-state index contributed by atoms with van der Waals surface area (Å²) in [7, 11) is 0. The lowest BCUT2D eigenvalue weighted by atomic mass is 10.0. The van der Waals surface area contributed by atoms with Gasteiger partial charge in [-0.25, -0.2) is 0 Å². The molecule has 0 bridgehead atoms. The molecule has 1 atom stereocenters. The summed E-state index contributed by atoms with van der Waals surface area (Å²) in [5, 5.41) is 3.80. The molecule has 3 rings (SSSR count). The number of rotatable bonds is 3. The Morgan fingerprint density at radius 1 is 1.36 bits per heavy atom. The number of H-pyrrole nitrogens is 1. The van der Waals surface area contributed by atoms with Crippen LogP contribution in [-0.2, 0) is 16.1 Å². The predicted octanol–water partition coefficient (Wildman–Crippen LogP) is 1.94. The van der Waals surface area contributed by atoms with Crippen LogP contribution in [0, 0.1) is 13.8 Å². The van der Waals surface area contributed by atoms with E-state index in [2.05, 4.69) is 16.4 Å². The maximum atomic E-state index is 12.2. The van der Waals surface area contributed by atoms with Crippen LogP contribution < -0.4 is 10.9 Å². The van der Waals surface area contributed by atoms with Crippen molar-refractivity contribution in [1.82, 2.24) is 10.3 Å². The van der Waals surface area contributed by atoms with Gasteiger partial charge in [-0.2, -0.15) is 0 Å². The van der Waals surface area contributed by atoms with E-state index in [0.717, 1.165) is 34.9 Å². The van der Waals surface area contributed by atoms with Crippen LogP contribution in [0.3, 0.4) is 0 Å². The minimum Gasteiger partial charge on any atom is -0.368 e. The molecule has 1 saturated heterocycles. The number of aromatic amines is 1. The summed E-state index contributed by atoms with van der Waals surface area (Å²) in [6.45, 7) is 4.87. The molecular weight excluding hydrogens is 280 g/mol. The van der Waals surface area contributed by atoms with E-state index in [9.17, 15) is 9.59 Å². The Morgan fingerprint density at radius 2 is 2.18 bits per heavy atom. The third-order valence-electron chi connectivity index (χ3n) is 4.06. The number of fused-ring (bicyclic) bond motifs is 1. The molecule has 2 heterocycles. The monoisotopic (exact) mass is 300 g/mol. The zero-order valence-corrected chi connectivity index (χ0v) is 12.9. The van der Waals surface area contributed by atoms with Gasteiger partial charge < -0.3 is 15.0 Å². The first-order valence-electron chi connectivity index (χ1n) is 7.57. The number of aryl methyl sites for hydroxylation is 2. The largest absolute Gasteiger partial charge is 0.368 e. The second-order valence-corrected chi connectivity index (χ2v) is 5.89. The van der Waals surface area contributed by atoms with Gasteiger partial charge in [0.25, 0.3) is 5.56 Å². The number of pyridine rings is 1. The average molecular weight is 300 g/mol. The lowest BCUT2D eigenvalue weighted by molar-refractivity contribution is -0.130. The van der Waals surface area contributed by atoms with Gasteiger partial charge in [0, 0.05) is 29.6 Å². The first-order chi connectivity index (χ1) is 10.5. The van der Waals surface area contributed by atoms with Crippen molar-refractivity contribution in [2.24, 2.45) is 0 Å². The number of aromatic nitrogens is 1. The minimum atomic E-state index is -0.371. The summed E-state index contributed by atoms with van der Waals surface area (Å²) in [5.41, 5.74) is 3.45. The molecule has 0 radical (unpaired) electrons.